The molecule has 1 aliphatic carbocycles. The molecule has 2 aliphatic rings. The summed E-state index contributed by atoms with van der Waals surface area (Å²) in [6.45, 7) is 3.02. The Balaban J connectivity index is 1.31. The molecule has 1 saturated heterocycles. The van der Waals surface area contributed by atoms with Crippen LogP contribution in [-0.4, -0.2) is 51.3 Å². The average molecular weight is 504 g/mol. The molecule has 3 aromatic carbocycles. The van der Waals surface area contributed by atoms with E-state index >= 15 is 0 Å². The molecule has 37 heavy (non-hydrogen) atoms. The van der Waals surface area contributed by atoms with Crippen LogP contribution in [0, 0.1) is 5.82 Å². The van der Waals surface area contributed by atoms with Crippen molar-refractivity contribution in [1.82, 2.24) is 5.32 Å². The topological polar surface area (TPSA) is 85.9 Å². The summed E-state index contributed by atoms with van der Waals surface area (Å²) in [5, 5.41) is 8.43. The number of amides is 3. The van der Waals surface area contributed by atoms with Crippen LogP contribution in [0.4, 0.5) is 31.9 Å². The van der Waals surface area contributed by atoms with Crippen LogP contribution in [0.3, 0.4) is 0 Å². The number of halogens is 1. The third-order valence-electron chi connectivity index (χ3n) is 6.54. The molecule has 1 saturated carbocycles. The predicted molar refractivity (Wildman–Crippen MR) is 143 cm³/mol. The summed E-state index contributed by atoms with van der Waals surface area (Å²) in [7, 11) is 1.67. The molecule has 2 fully saturated rings. The zero-order chi connectivity index (χ0) is 25.8. The van der Waals surface area contributed by atoms with Gasteiger partial charge in [-0.1, -0.05) is 18.2 Å². The fourth-order valence-corrected chi connectivity index (χ4v) is 4.50. The molecule has 0 bridgehead atoms. The molecule has 192 valence electrons. The fourth-order valence-electron chi connectivity index (χ4n) is 4.50. The summed E-state index contributed by atoms with van der Waals surface area (Å²) in [6, 6.07) is 18.7. The molecule has 3 N–H and O–H groups in total. The Morgan fingerprint density at radius 1 is 0.838 bits per heavy atom. The number of anilines is 4. The maximum absolute atomic E-state index is 13.4. The Hall–Kier alpha value is -4.27. The SMILES string of the molecule is COc1ccccc1N1CCN(c2ccc(NC(=O)Nc3cccc(F)c3)cc2C(=O)NC2CC2)CC1. The van der Waals surface area contributed by atoms with E-state index in [4.69, 9.17) is 4.74 Å². The first-order chi connectivity index (χ1) is 18.0. The average Bonchev–Trinajstić information content (AvgIpc) is 3.73. The third-order valence-corrected chi connectivity index (χ3v) is 6.54. The van der Waals surface area contributed by atoms with E-state index in [-0.39, 0.29) is 11.9 Å². The highest BCUT2D eigenvalue weighted by atomic mass is 19.1. The number of benzene rings is 3. The van der Waals surface area contributed by atoms with Gasteiger partial charge in [0.1, 0.15) is 11.6 Å². The Morgan fingerprint density at radius 2 is 1.51 bits per heavy atom. The number of para-hydroxylation sites is 2. The van der Waals surface area contributed by atoms with Crippen LogP contribution in [0.25, 0.3) is 0 Å². The number of ether oxygens (including phenoxy) is 1. The molecule has 8 nitrogen and oxygen atoms in total. The number of rotatable bonds is 7. The Bertz CT molecular complexity index is 1290. The van der Waals surface area contributed by atoms with Crippen molar-refractivity contribution in [3.05, 3.63) is 78.1 Å². The Kier molecular flexibility index (Phi) is 7.11. The lowest BCUT2D eigenvalue weighted by atomic mass is 10.1. The van der Waals surface area contributed by atoms with E-state index in [9.17, 15) is 14.0 Å². The normalized spacial score (nSPS) is 15.2. The zero-order valence-corrected chi connectivity index (χ0v) is 20.7. The lowest BCUT2D eigenvalue weighted by Gasteiger charge is -2.38. The number of hydrogen-bond donors (Lipinski definition) is 3. The second-order valence-corrected chi connectivity index (χ2v) is 9.22. The Labute approximate surface area is 215 Å². The standard InChI is InChI=1S/C28H30FN5O3/c1-37-26-8-3-2-7-25(26)34-15-13-33(14-16-34)24-12-11-22(18-23(24)27(35)30-20-9-10-20)32-28(36)31-21-6-4-5-19(29)17-21/h2-8,11-12,17-18,20H,9-10,13-16H2,1H3,(H,30,35)(H2,31,32,36). The first-order valence-electron chi connectivity index (χ1n) is 12.4. The van der Waals surface area contributed by atoms with E-state index < -0.39 is 11.8 Å². The molecular weight excluding hydrogens is 473 g/mol. The molecule has 5 rings (SSSR count). The largest absolute Gasteiger partial charge is 0.495 e. The highest BCUT2D eigenvalue weighted by molar-refractivity contribution is 6.04. The Morgan fingerprint density at radius 3 is 2.19 bits per heavy atom. The van der Waals surface area contributed by atoms with Gasteiger partial charge in [0, 0.05) is 49.3 Å². The molecule has 0 atom stereocenters. The van der Waals surface area contributed by atoms with Gasteiger partial charge in [-0.15, -0.1) is 0 Å². The van der Waals surface area contributed by atoms with Crippen molar-refractivity contribution in [2.24, 2.45) is 0 Å². The number of carbonyl (C=O) groups excluding carboxylic acids is 2. The highest BCUT2D eigenvalue weighted by Crippen LogP contribution is 2.31. The molecule has 0 unspecified atom stereocenters. The second-order valence-electron chi connectivity index (χ2n) is 9.22. The van der Waals surface area contributed by atoms with E-state index in [1.165, 1.54) is 18.2 Å². The fraction of sp³-hybridized carbons (Fsp3) is 0.286. The summed E-state index contributed by atoms with van der Waals surface area (Å²) in [4.78, 5) is 30.1. The van der Waals surface area contributed by atoms with Crippen molar-refractivity contribution in [3.8, 4) is 5.75 Å². The van der Waals surface area contributed by atoms with Crippen LogP contribution in [0.5, 0.6) is 5.75 Å². The van der Waals surface area contributed by atoms with Crippen LogP contribution < -0.4 is 30.5 Å². The van der Waals surface area contributed by atoms with Crippen molar-refractivity contribution in [2.75, 3.05) is 53.7 Å². The number of piperazine rings is 1. The molecule has 0 aromatic heterocycles. The molecular formula is C28H30FN5O3. The lowest BCUT2D eigenvalue weighted by Crippen LogP contribution is -2.47. The quantitative estimate of drug-likeness (QED) is 0.435. The number of hydrogen-bond acceptors (Lipinski definition) is 5. The van der Waals surface area contributed by atoms with E-state index in [1.54, 1.807) is 25.3 Å². The first kappa shape index (κ1) is 24.4. The molecule has 1 aliphatic heterocycles. The van der Waals surface area contributed by atoms with Crippen molar-refractivity contribution in [3.63, 3.8) is 0 Å². The van der Waals surface area contributed by atoms with Crippen LogP contribution in [-0.2, 0) is 0 Å². The van der Waals surface area contributed by atoms with Crippen LogP contribution in [0.15, 0.2) is 66.7 Å². The van der Waals surface area contributed by atoms with Crippen LogP contribution in [0.1, 0.15) is 23.2 Å². The second kappa shape index (κ2) is 10.8. The van der Waals surface area contributed by atoms with Crippen molar-refractivity contribution < 1.29 is 18.7 Å². The monoisotopic (exact) mass is 503 g/mol. The smallest absolute Gasteiger partial charge is 0.323 e. The number of nitrogens with one attached hydrogen (secondary N) is 3. The zero-order valence-electron chi connectivity index (χ0n) is 20.7. The van der Waals surface area contributed by atoms with Crippen LogP contribution >= 0.6 is 0 Å². The third kappa shape index (κ3) is 5.94. The summed E-state index contributed by atoms with van der Waals surface area (Å²) in [5.41, 5.74) is 3.22. The minimum atomic E-state index is -0.516. The summed E-state index contributed by atoms with van der Waals surface area (Å²) < 4.78 is 19.0. The van der Waals surface area contributed by atoms with Gasteiger partial charge < -0.3 is 30.5 Å². The van der Waals surface area contributed by atoms with Gasteiger partial charge in [0.2, 0.25) is 0 Å². The van der Waals surface area contributed by atoms with E-state index in [2.05, 4.69) is 31.8 Å². The van der Waals surface area contributed by atoms with Gasteiger partial charge in [-0.25, -0.2) is 9.18 Å². The number of urea groups is 1. The van der Waals surface area contributed by atoms with Gasteiger partial charge in [0.05, 0.1) is 18.4 Å². The highest BCUT2D eigenvalue weighted by Gasteiger charge is 2.28. The van der Waals surface area contributed by atoms with E-state index in [1.807, 2.05) is 24.3 Å². The molecule has 3 aromatic rings. The molecule has 0 spiro atoms. The van der Waals surface area contributed by atoms with Gasteiger partial charge in [0.25, 0.3) is 5.91 Å². The van der Waals surface area contributed by atoms with Gasteiger partial charge in [-0.2, -0.15) is 0 Å². The van der Waals surface area contributed by atoms with Gasteiger partial charge in [-0.05, 0) is 61.4 Å². The maximum atomic E-state index is 13.4. The minimum Gasteiger partial charge on any atom is -0.495 e. The maximum Gasteiger partial charge on any atom is 0.323 e. The van der Waals surface area contributed by atoms with Crippen molar-refractivity contribution in [2.45, 2.75) is 18.9 Å². The summed E-state index contributed by atoms with van der Waals surface area (Å²) in [5.74, 6) is 0.248. The van der Waals surface area contributed by atoms with Gasteiger partial charge >= 0.3 is 6.03 Å². The predicted octanol–water partition coefficient (Wildman–Crippen LogP) is 4.70. The first-order valence-corrected chi connectivity index (χ1v) is 12.4. The number of carbonyl (C=O) groups is 2. The number of nitrogens with zero attached hydrogens (tertiary/aromatic N) is 2. The van der Waals surface area contributed by atoms with Crippen molar-refractivity contribution >= 4 is 34.7 Å². The van der Waals surface area contributed by atoms with Crippen molar-refractivity contribution in [1.29, 1.82) is 0 Å². The molecule has 1 heterocycles. The minimum absolute atomic E-state index is 0.154. The van der Waals surface area contributed by atoms with Gasteiger partial charge in [-0.3, -0.25) is 4.79 Å². The summed E-state index contributed by atoms with van der Waals surface area (Å²) >= 11 is 0. The van der Waals surface area contributed by atoms with E-state index in [0.29, 0.717) is 16.9 Å². The van der Waals surface area contributed by atoms with Crippen LogP contribution in [0.2, 0.25) is 0 Å². The molecule has 0 radical (unpaired) electrons. The molecule has 9 heteroatoms. The lowest BCUT2D eigenvalue weighted by molar-refractivity contribution is 0.0951. The molecule has 3 amide bonds. The summed E-state index contributed by atoms with van der Waals surface area (Å²) in [6.07, 6.45) is 1.96. The van der Waals surface area contributed by atoms with Gasteiger partial charge in [0.15, 0.2) is 0 Å². The van der Waals surface area contributed by atoms with E-state index in [0.717, 1.165) is 56.1 Å². The number of methoxy groups -OCH3 is 1.